The van der Waals surface area contributed by atoms with Crippen molar-refractivity contribution in [3.05, 3.63) is 23.7 Å². The first-order valence-corrected chi connectivity index (χ1v) is 7.24. The number of likely N-dealkylation sites (tertiary alicyclic amines) is 1. The number of benzene rings is 1. The van der Waals surface area contributed by atoms with E-state index in [9.17, 15) is 14.7 Å². The molecule has 0 radical (unpaired) electrons. The number of carbonyl (C=O) groups excluding carboxylic acids is 1. The molecule has 0 bridgehead atoms. The predicted octanol–water partition coefficient (Wildman–Crippen LogP) is 1.35. The van der Waals surface area contributed by atoms with Crippen LogP contribution in [0.3, 0.4) is 0 Å². The second-order valence-corrected chi connectivity index (χ2v) is 5.75. The van der Waals surface area contributed by atoms with Gasteiger partial charge >= 0.3 is 12.0 Å². The summed E-state index contributed by atoms with van der Waals surface area (Å²) in [6.07, 6.45) is -0.753. The van der Waals surface area contributed by atoms with Gasteiger partial charge in [-0.2, -0.15) is 0 Å². The first-order valence-electron chi connectivity index (χ1n) is 6.36. The van der Waals surface area contributed by atoms with Crippen LogP contribution in [0, 0.1) is 0 Å². The number of nitrogens with zero attached hydrogens (tertiary/aromatic N) is 2. The molecule has 0 aliphatic carbocycles. The normalized spacial score (nSPS) is 21.7. The highest BCUT2D eigenvalue weighted by molar-refractivity contribution is 7.16. The molecule has 110 valence electrons. The van der Waals surface area contributed by atoms with Crippen molar-refractivity contribution in [1.82, 2.24) is 9.88 Å². The lowest BCUT2D eigenvalue weighted by Gasteiger charge is -2.21. The maximum Gasteiger partial charge on any atom is 0.326 e. The van der Waals surface area contributed by atoms with Crippen LogP contribution in [0.1, 0.15) is 6.42 Å². The summed E-state index contributed by atoms with van der Waals surface area (Å²) in [4.78, 5) is 28.6. The Labute approximate surface area is 123 Å². The number of urea groups is 1. The van der Waals surface area contributed by atoms with Crippen LogP contribution < -0.4 is 5.32 Å². The van der Waals surface area contributed by atoms with Crippen molar-refractivity contribution in [1.29, 1.82) is 0 Å². The number of aromatic nitrogens is 1. The number of β-amino-alcohol motifs (C(OH)–C–C–N with tert-alkyl or cyclic N) is 1. The SMILES string of the molecule is O=C(O)[C@@H]1CC(O)CN1C(=O)Nc1ccc2ncsc2c1. The Bertz CT molecular complexity index is 702. The number of carboxylic acid groups (broad SMARTS) is 1. The van der Waals surface area contributed by atoms with Crippen LogP contribution in [0.25, 0.3) is 10.2 Å². The number of aliphatic hydroxyl groups excluding tert-OH is 1. The fraction of sp³-hybridized carbons (Fsp3) is 0.308. The van der Waals surface area contributed by atoms with Crippen LogP contribution in [0.2, 0.25) is 0 Å². The van der Waals surface area contributed by atoms with Gasteiger partial charge in [0.15, 0.2) is 0 Å². The zero-order valence-electron chi connectivity index (χ0n) is 10.9. The van der Waals surface area contributed by atoms with E-state index in [1.165, 1.54) is 11.3 Å². The van der Waals surface area contributed by atoms with Gasteiger partial charge in [0.05, 0.1) is 21.8 Å². The Kier molecular flexibility index (Phi) is 3.48. The minimum Gasteiger partial charge on any atom is -0.480 e. The topological polar surface area (TPSA) is 103 Å². The lowest BCUT2D eigenvalue weighted by molar-refractivity contribution is -0.141. The Morgan fingerprint density at radius 1 is 1.43 bits per heavy atom. The molecule has 8 heteroatoms. The maximum absolute atomic E-state index is 12.2. The van der Waals surface area contributed by atoms with Crippen molar-refractivity contribution in [3.8, 4) is 0 Å². The summed E-state index contributed by atoms with van der Waals surface area (Å²) in [5.74, 6) is -1.11. The molecule has 1 aromatic heterocycles. The molecular formula is C13H13N3O4S. The third-order valence-electron chi connectivity index (χ3n) is 3.41. The largest absolute Gasteiger partial charge is 0.480 e. The van der Waals surface area contributed by atoms with Gasteiger partial charge < -0.3 is 20.4 Å². The third-order valence-corrected chi connectivity index (χ3v) is 4.20. The molecule has 1 fully saturated rings. The summed E-state index contributed by atoms with van der Waals surface area (Å²) in [7, 11) is 0. The molecule has 1 saturated heterocycles. The van der Waals surface area contributed by atoms with Gasteiger partial charge in [-0.15, -0.1) is 11.3 Å². The quantitative estimate of drug-likeness (QED) is 0.777. The third kappa shape index (κ3) is 2.67. The molecular weight excluding hydrogens is 294 g/mol. The summed E-state index contributed by atoms with van der Waals surface area (Å²) in [6, 6.07) is 3.76. The van der Waals surface area contributed by atoms with Gasteiger partial charge in [0.25, 0.3) is 0 Å². The zero-order chi connectivity index (χ0) is 15.0. The molecule has 2 heterocycles. The van der Waals surface area contributed by atoms with Gasteiger partial charge in [0.2, 0.25) is 0 Å². The monoisotopic (exact) mass is 307 g/mol. The molecule has 2 atom stereocenters. The van der Waals surface area contributed by atoms with Crippen molar-refractivity contribution in [2.45, 2.75) is 18.6 Å². The number of amides is 2. The smallest absolute Gasteiger partial charge is 0.326 e. The van der Waals surface area contributed by atoms with Crippen molar-refractivity contribution < 1.29 is 19.8 Å². The number of carboxylic acids is 1. The van der Waals surface area contributed by atoms with E-state index in [2.05, 4.69) is 10.3 Å². The van der Waals surface area contributed by atoms with Crippen molar-refractivity contribution in [3.63, 3.8) is 0 Å². The molecule has 0 saturated carbocycles. The number of aliphatic hydroxyl groups is 1. The molecule has 21 heavy (non-hydrogen) atoms. The van der Waals surface area contributed by atoms with Crippen molar-refractivity contribution >= 4 is 39.2 Å². The Morgan fingerprint density at radius 2 is 2.24 bits per heavy atom. The number of hydrogen-bond acceptors (Lipinski definition) is 5. The maximum atomic E-state index is 12.2. The van der Waals surface area contributed by atoms with E-state index in [0.717, 1.165) is 15.1 Å². The average molecular weight is 307 g/mol. The first kappa shape index (κ1) is 13.8. The lowest BCUT2D eigenvalue weighted by atomic mass is 10.2. The molecule has 1 aromatic carbocycles. The number of nitrogens with one attached hydrogen (secondary N) is 1. The average Bonchev–Trinajstić information content (AvgIpc) is 3.04. The molecule has 3 rings (SSSR count). The minimum atomic E-state index is -1.11. The zero-order valence-corrected chi connectivity index (χ0v) is 11.7. The van der Waals surface area contributed by atoms with E-state index in [1.54, 1.807) is 23.7 Å². The van der Waals surface area contributed by atoms with Crippen LogP contribution in [-0.2, 0) is 4.79 Å². The van der Waals surface area contributed by atoms with E-state index in [4.69, 9.17) is 5.11 Å². The number of aliphatic carboxylic acids is 1. The predicted molar refractivity (Wildman–Crippen MR) is 77.4 cm³/mol. The van der Waals surface area contributed by atoms with Crippen LogP contribution in [-0.4, -0.2) is 50.8 Å². The van der Waals surface area contributed by atoms with Gasteiger partial charge in [-0.25, -0.2) is 14.6 Å². The Balaban J connectivity index is 1.77. The van der Waals surface area contributed by atoms with Crippen molar-refractivity contribution in [2.24, 2.45) is 0 Å². The van der Waals surface area contributed by atoms with E-state index in [0.29, 0.717) is 5.69 Å². The van der Waals surface area contributed by atoms with E-state index in [1.807, 2.05) is 0 Å². The summed E-state index contributed by atoms with van der Waals surface area (Å²) >= 11 is 1.46. The van der Waals surface area contributed by atoms with Gasteiger partial charge in [-0.1, -0.05) is 0 Å². The fourth-order valence-electron chi connectivity index (χ4n) is 2.40. The highest BCUT2D eigenvalue weighted by atomic mass is 32.1. The number of rotatable bonds is 2. The standard InChI is InChI=1S/C13H13N3O4S/c17-8-4-10(12(18)19)16(5-8)13(20)15-7-1-2-9-11(3-7)21-6-14-9/h1-3,6,8,10,17H,4-5H2,(H,15,20)(H,18,19)/t8?,10-/m0/s1. The lowest BCUT2D eigenvalue weighted by Crippen LogP contribution is -2.43. The van der Waals surface area contributed by atoms with Gasteiger partial charge in [0.1, 0.15) is 6.04 Å². The van der Waals surface area contributed by atoms with Crippen LogP contribution in [0.15, 0.2) is 23.7 Å². The molecule has 1 aliphatic rings. The number of fused-ring (bicyclic) bond motifs is 1. The Hall–Kier alpha value is -2.19. The summed E-state index contributed by atoms with van der Waals surface area (Å²) in [5, 5.41) is 21.3. The highest BCUT2D eigenvalue weighted by Gasteiger charge is 2.38. The molecule has 2 aromatic rings. The van der Waals surface area contributed by atoms with Gasteiger partial charge in [-0.3, -0.25) is 0 Å². The molecule has 1 aliphatic heterocycles. The van der Waals surface area contributed by atoms with Crippen LogP contribution in [0.5, 0.6) is 0 Å². The fourth-order valence-corrected chi connectivity index (χ4v) is 3.12. The van der Waals surface area contributed by atoms with Crippen LogP contribution in [0.4, 0.5) is 10.5 Å². The minimum absolute atomic E-state index is 0.0194. The summed E-state index contributed by atoms with van der Waals surface area (Å²) < 4.78 is 0.934. The molecule has 2 amide bonds. The number of anilines is 1. The van der Waals surface area contributed by atoms with Gasteiger partial charge in [0, 0.05) is 18.7 Å². The Morgan fingerprint density at radius 3 is 3.00 bits per heavy atom. The van der Waals surface area contributed by atoms with E-state index < -0.39 is 24.1 Å². The van der Waals surface area contributed by atoms with Crippen LogP contribution >= 0.6 is 11.3 Å². The number of thiazole rings is 1. The molecule has 0 spiro atoms. The number of carbonyl (C=O) groups is 2. The van der Waals surface area contributed by atoms with E-state index >= 15 is 0 Å². The van der Waals surface area contributed by atoms with E-state index in [-0.39, 0.29) is 13.0 Å². The summed E-state index contributed by atoms with van der Waals surface area (Å²) in [5.41, 5.74) is 3.13. The molecule has 7 nitrogen and oxygen atoms in total. The highest BCUT2D eigenvalue weighted by Crippen LogP contribution is 2.23. The first-order chi connectivity index (χ1) is 10.0. The molecule has 1 unspecified atom stereocenters. The van der Waals surface area contributed by atoms with Gasteiger partial charge in [-0.05, 0) is 18.2 Å². The van der Waals surface area contributed by atoms with Crippen molar-refractivity contribution in [2.75, 3.05) is 11.9 Å². The number of hydrogen-bond donors (Lipinski definition) is 3. The molecule has 3 N–H and O–H groups in total. The second-order valence-electron chi connectivity index (χ2n) is 4.86. The summed E-state index contributed by atoms with van der Waals surface area (Å²) in [6.45, 7) is 0.0194. The second kappa shape index (κ2) is 5.30.